The second-order valence-corrected chi connectivity index (χ2v) is 8.17. The van der Waals surface area contributed by atoms with Gasteiger partial charge in [-0.2, -0.15) is 0 Å². The lowest BCUT2D eigenvalue weighted by Crippen LogP contribution is -2.23. The largest absolute Gasteiger partial charge is 0.495 e. The fraction of sp³-hybridized carbons (Fsp3) is 0.154. The minimum absolute atomic E-state index is 0.0991. The summed E-state index contributed by atoms with van der Waals surface area (Å²) >= 11 is 3.46. The number of nitrogens with one attached hydrogen (secondary N) is 1. The van der Waals surface area contributed by atoms with Gasteiger partial charge in [-0.3, -0.25) is 9.59 Å². The predicted octanol–water partition coefficient (Wildman–Crippen LogP) is 5.27. The molecule has 0 spiro atoms. The Hall–Kier alpha value is -3.98. The van der Waals surface area contributed by atoms with Gasteiger partial charge in [0, 0.05) is 5.56 Å². The number of benzene rings is 3. The first-order chi connectivity index (χ1) is 17.0. The fourth-order valence-corrected chi connectivity index (χ4v) is 4.17. The van der Waals surface area contributed by atoms with E-state index in [1.165, 1.54) is 21.3 Å². The molecule has 8 nitrogen and oxygen atoms in total. The van der Waals surface area contributed by atoms with Gasteiger partial charge in [-0.15, -0.1) is 0 Å². The Kier molecular flexibility index (Phi) is 7.26. The summed E-state index contributed by atoms with van der Waals surface area (Å²) in [6, 6.07) is 17.2. The molecule has 0 saturated carbocycles. The summed E-state index contributed by atoms with van der Waals surface area (Å²) in [5, 5.41) is 3.05. The first-order valence-electron chi connectivity index (χ1n) is 10.5. The number of carbonyl (C=O) groups excluding carboxylic acids is 1. The maximum Gasteiger partial charge on any atom is 0.262 e. The highest BCUT2D eigenvalue weighted by atomic mass is 79.9. The van der Waals surface area contributed by atoms with Crippen molar-refractivity contribution >= 4 is 38.5 Å². The SMILES string of the molecule is COc1ccccc1NC(=O)COc1c(-c2cc(Br)c(OC)c(OC)c2)oc2ccccc2c1=O. The van der Waals surface area contributed by atoms with Crippen LogP contribution in [0.5, 0.6) is 23.0 Å². The van der Waals surface area contributed by atoms with E-state index in [9.17, 15) is 9.59 Å². The van der Waals surface area contributed by atoms with Crippen LogP contribution in [0.2, 0.25) is 0 Å². The van der Waals surface area contributed by atoms with Crippen LogP contribution in [0.1, 0.15) is 0 Å². The lowest BCUT2D eigenvalue weighted by molar-refractivity contribution is -0.118. The van der Waals surface area contributed by atoms with Gasteiger partial charge in [-0.25, -0.2) is 0 Å². The van der Waals surface area contributed by atoms with Crippen LogP contribution in [0.15, 0.2) is 74.3 Å². The Labute approximate surface area is 209 Å². The lowest BCUT2D eigenvalue weighted by atomic mass is 10.1. The minimum Gasteiger partial charge on any atom is -0.495 e. The maximum absolute atomic E-state index is 13.4. The van der Waals surface area contributed by atoms with Gasteiger partial charge in [0.05, 0.1) is 36.9 Å². The van der Waals surface area contributed by atoms with Crippen LogP contribution in [0.25, 0.3) is 22.3 Å². The summed E-state index contributed by atoms with van der Waals surface area (Å²) in [5.74, 6) is 0.993. The Morgan fingerprint density at radius 2 is 1.63 bits per heavy atom. The van der Waals surface area contributed by atoms with Crippen LogP contribution in [0.3, 0.4) is 0 Å². The summed E-state index contributed by atoms with van der Waals surface area (Å²) in [7, 11) is 4.53. The fourth-order valence-electron chi connectivity index (χ4n) is 3.57. The van der Waals surface area contributed by atoms with Gasteiger partial charge in [0.1, 0.15) is 11.3 Å². The number of carbonyl (C=O) groups is 1. The van der Waals surface area contributed by atoms with Crippen LogP contribution >= 0.6 is 15.9 Å². The molecule has 180 valence electrons. The minimum atomic E-state index is -0.471. The molecule has 0 unspecified atom stereocenters. The van der Waals surface area contributed by atoms with E-state index < -0.39 is 17.9 Å². The van der Waals surface area contributed by atoms with E-state index in [0.29, 0.717) is 43.9 Å². The Morgan fingerprint density at radius 3 is 2.37 bits per heavy atom. The molecule has 4 aromatic rings. The highest BCUT2D eigenvalue weighted by Gasteiger charge is 2.22. The van der Waals surface area contributed by atoms with E-state index >= 15 is 0 Å². The number of hydrogen-bond acceptors (Lipinski definition) is 7. The van der Waals surface area contributed by atoms with Gasteiger partial charge in [0.25, 0.3) is 5.91 Å². The van der Waals surface area contributed by atoms with Crippen LogP contribution in [0, 0.1) is 0 Å². The molecule has 1 amide bonds. The van der Waals surface area contributed by atoms with E-state index in [1.807, 2.05) is 0 Å². The lowest BCUT2D eigenvalue weighted by Gasteiger charge is -2.15. The maximum atomic E-state index is 13.4. The number of hydrogen-bond donors (Lipinski definition) is 1. The zero-order valence-electron chi connectivity index (χ0n) is 19.2. The van der Waals surface area contributed by atoms with E-state index in [2.05, 4.69) is 21.2 Å². The molecular formula is C26H22BrNO7. The van der Waals surface area contributed by atoms with Gasteiger partial charge < -0.3 is 28.7 Å². The smallest absolute Gasteiger partial charge is 0.262 e. The number of methoxy groups -OCH3 is 3. The summed E-state index contributed by atoms with van der Waals surface area (Å²) in [4.78, 5) is 26.0. The van der Waals surface area contributed by atoms with Crippen molar-refractivity contribution in [3.8, 4) is 34.3 Å². The van der Waals surface area contributed by atoms with Crippen LogP contribution in [-0.4, -0.2) is 33.8 Å². The van der Waals surface area contributed by atoms with E-state index in [4.69, 9.17) is 23.4 Å². The number of ether oxygens (including phenoxy) is 4. The Morgan fingerprint density at radius 1 is 0.914 bits per heavy atom. The molecule has 1 N–H and O–H groups in total. The van der Waals surface area contributed by atoms with Crippen molar-refractivity contribution in [3.63, 3.8) is 0 Å². The van der Waals surface area contributed by atoms with E-state index in [0.717, 1.165) is 0 Å². The van der Waals surface area contributed by atoms with Crippen molar-refractivity contribution in [2.24, 2.45) is 0 Å². The molecule has 0 fully saturated rings. The normalized spacial score (nSPS) is 10.6. The van der Waals surface area contributed by atoms with Gasteiger partial charge >= 0.3 is 0 Å². The monoisotopic (exact) mass is 539 g/mol. The van der Waals surface area contributed by atoms with Crippen molar-refractivity contribution < 1.29 is 28.2 Å². The third-order valence-corrected chi connectivity index (χ3v) is 5.77. The molecule has 0 atom stereocenters. The molecule has 1 heterocycles. The van der Waals surface area contributed by atoms with Crippen LogP contribution < -0.4 is 29.7 Å². The van der Waals surface area contributed by atoms with Crippen LogP contribution in [-0.2, 0) is 4.79 Å². The predicted molar refractivity (Wildman–Crippen MR) is 136 cm³/mol. The number of anilines is 1. The molecule has 0 bridgehead atoms. The number of rotatable bonds is 8. The first kappa shape index (κ1) is 24.2. The van der Waals surface area contributed by atoms with Crippen molar-refractivity contribution in [2.75, 3.05) is 33.3 Å². The topological polar surface area (TPSA) is 96.2 Å². The summed E-state index contributed by atoms with van der Waals surface area (Å²) in [6.45, 7) is -0.428. The first-order valence-corrected chi connectivity index (χ1v) is 11.3. The Bertz CT molecular complexity index is 1450. The third-order valence-electron chi connectivity index (χ3n) is 5.18. The second-order valence-electron chi connectivity index (χ2n) is 7.32. The summed E-state index contributed by atoms with van der Waals surface area (Å²) in [5.41, 5.74) is 0.956. The van der Waals surface area contributed by atoms with Crippen molar-refractivity contribution in [2.45, 2.75) is 0 Å². The summed E-state index contributed by atoms with van der Waals surface area (Å²) in [6.07, 6.45) is 0. The van der Waals surface area contributed by atoms with Gasteiger partial charge in [0.2, 0.25) is 11.2 Å². The quantitative estimate of drug-likeness (QED) is 0.326. The molecule has 0 saturated heterocycles. The zero-order chi connectivity index (χ0) is 24.9. The average Bonchev–Trinajstić information content (AvgIpc) is 2.87. The standard InChI is InChI=1S/C26H22BrNO7/c1-31-20-11-7-5-9-18(20)28-22(29)14-34-26-23(30)16-8-4-6-10-19(16)35-24(26)15-12-17(27)25(33-3)21(13-15)32-2/h4-13H,14H2,1-3H3,(H,28,29). The molecular weight excluding hydrogens is 518 g/mol. The van der Waals surface area contributed by atoms with Crippen molar-refractivity contribution in [3.05, 3.63) is 75.4 Å². The molecule has 1 aromatic heterocycles. The highest BCUT2D eigenvalue weighted by molar-refractivity contribution is 9.10. The van der Waals surface area contributed by atoms with Gasteiger partial charge in [-0.1, -0.05) is 24.3 Å². The molecule has 4 rings (SSSR count). The van der Waals surface area contributed by atoms with E-state index in [1.54, 1.807) is 60.7 Å². The van der Waals surface area contributed by atoms with Crippen molar-refractivity contribution in [1.82, 2.24) is 0 Å². The molecule has 0 aliphatic carbocycles. The second kappa shape index (κ2) is 10.5. The van der Waals surface area contributed by atoms with Gasteiger partial charge in [0.15, 0.2) is 23.9 Å². The molecule has 3 aromatic carbocycles. The third kappa shape index (κ3) is 4.95. The average molecular weight is 540 g/mol. The molecule has 9 heteroatoms. The number of halogens is 1. The van der Waals surface area contributed by atoms with Gasteiger partial charge in [-0.05, 0) is 52.3 Å². The molecule has 0 aliphatic rings. The molecule has 0 radical (unpaired) electrons. The highest BCUT2D eigenvalue weighted by Crippen LogP contribution is 2.41. The molecule has 35 heavy (non-hydrogen) atoms. The number of fused-ring (bicyclic) bond motifs is 1. The van der Waals surface area contributed by atoms with Crippen molar-refractivity contribution in [1.29, 1.82) is 0 Å². The Balaban J connectivity index is 1.74. The molecule has 0 aliphatic heterocycles. The number of amides is 1. The van der Waals surface area contributed by atoms with Crippen LogP contribution in [0.4, 0.5) is 5.69 Å². The zero-order valence-corrected chi connectivity index (χ0v) is 20.8. The van der Waals surface area contributed by atoms with E-state index in [-0.39, 0.29) is 11.5 Å². The number of para-hydroxylation sites is 3. The summed E-state index contributed by atoms with van der Waals surface area (Å²) < 4.78 is 28.5.